The van der Waals surface area contributed by atoms with Gasteiger partial charge in [-0.1, -0.05) is 12.8 Å². The first kappa shape index (κ1) is 17.0. The van der Waals surface area contributed by atoms with Crippen molar-refractivity contribution in [1.82, 2.24) is 5.32 Å². The lowest BCUT2D eigenvalue weighted by atomic mass is 9.78. The molecule has 1 fully saturated rings. The fraction of sp³-hybridized carbons (Fsp3) is 0.867. The summed E-state index contributed by atoms with van der Waals surface area (Å²) in [6.45, 7) is 6.83. The van der Waals surface area contributed by atoms with E-state index in [0.29, 0.717) is 0 Å². The Balaban J connectivity index is 2.71. The smallest absolute Gasteiger partial charge is 0.303 e. The van der Waals surface area contributed by atoms with Crippen molar-refractivity contribution in [1.29, 1.82) is 0 Å². The summed E-state index contributed by atoms with van der Waals surface area (Å²) in [6.07, 6.45) is 3.80. The fourth-order valence-corrected chi connectivity index (χ4v) is 2.75. The Bertz CT molecular complexity index is 376. The molecule has 0 aliphatic heterocycles. The first-order valence-corrected chi connectivity index (χ1v) is 7.23. The molecule has 0 bridgehead atoms. The highest BCUT2D eigenvalue weighted by Crippen LogP contribution is 2.44. The number of hydrogen-bond acceptors (Lipinski definition) is 3. The van der Waals surface area contributed by atoms with Gasteiger partial charge >= 0.3 is 5.97 Å². The molecule has 0 atom stereocenters. The number of hydrogen-bond donors (Lipinski definition) is 3. The van der Waals surface area contributed by atoms with Crippen LogP contribution in [0.3, 0.4) is 0 Å². The van der Waals surface area contributed by atoms with Crippen LogP contribution in [0.1, 0.15) is 66.2 Å². The van der Waals surface area contributed by atoms with Crippen LogP contribution in [0.15, 0.2) is 0 Å². The van der Waals surface area contributed by atoms with Crippen molar-refractivity contribution in [3.05, 3.63) is 0 Å². The Hall–Kier alpha value is -1.10. The number of aliphatic carboxylic acids is 1. The second-order valence-electron chi connectivity index (χ2n) is 7.19. The maximum Gasteiger partial charge on any atom is 0.303 e. The van der Waals surface area contributed by atoms with Crippen LogP contribution >= 0.6 is 0 Å². The normalized spacial score (nSPS) is 18.9. The average Bonchev–Trinajstić information content (AvgIpc) is 2.61. The van der Waals surface area contributed by atoms with Crippen molar-refractivity contribution < 1.29 is 19.8 Å². The molecule has 0 spiro atoms. The lowest BCUT2D eigenvalue weighted by Crippen LogP contribution is -2.58. The van der Waals surface area contributed by atoms with E-state index in [1.165, 1.54) is 0 Å². The molecule has 1 rings (SSSR count). The van der Waals surface area contributed by atoms with E-state index in [1.807, 2.05) is 0 Å². The SMILES string of the molecule is CC(C)(O)C(C)(C)NC(=O)CC1(CC(=O)O)CCCC1. The molecule has 1 aliphatic rings. The van der Waals surface area contributed by atoms with Gasteiger partial charge in [-0.3, -0.25) is 9.59 Å². The molecule has 116 valence electrons. The topological polar surface area (TPSA) is 86.6 Å². The van der Waals surface area contributed by atoms with Crippen LogP contribution in [0.25, 0.3) is 0 Å². The summed E-state index contributed by atoms with van der Waals surface area (Å²) < 4.78 is 0. The van der Waals surface area contributed by atoms with Gasteiger partial charge in [-0.25, -0.2) is 0 Å². The van der Waals surface area contributed by atoms with E-state index in [-0.39, 0.29) is 18.7 Å². The zero-order valence-electron chi connectivity index (χ0n) is 13.0. The Morgan fingerprint density at radius 1 is 1.10 bits per heavy atom. The Kier molecular flexibility index (Phi) is 4.85. The third-order valence-corrected chi connectivity index (χ3v) is 4.71. The minimum atomic E-state index is -1.04. The molecule has 0 aromatic rings. The summed E-state index contributed by atoms with van der Waals surface area (Å²) in [4.78, 5) is 23.2. The minimum absolute atomic E-state index is 0.0450. The van der Waals surface area contributed by atoms with Gasteiger partial charge in [-0.2, -0.15) is 0 Å². The third kappa shape index (κ3) is 4.20. The monoisotopic (exact) mass is 285 g/mol. The number of rotatable bonds is 6. The lowest BCUT2D eigenvalue weighted by Gasteiger charge is -2.39. The predicted octanol–water partition coefficient (Wildman–Crippen LogP) is 2.08. The van der Waals surface area contributed by atoms with Gasteiger partial charge in [0.25, 0.3) is 0 Å². The highest BCUT2D eigenvalue weighted by atomic mass is 16.4. The van der Waals surface area contributed by atoms with Crippen LogP contribution in [0.5, 0.6) is 0 Å². The van der Waals surface area contributed by atoms with Gasteiger partial charge in [0.2, 0.25) is 5.91 Å². The van der Waals surface area contributed by atoms with E-state index >= 15 is 0 Å². The first-order chi connectivity index (χ1) is 8.97. The van der Waals surface area contributed by atoms with Gasteiger partial charge < -0.3 is 15.5 Å². The first-order valence-electron chi connectivity index (χ1n) is 7.23. The van der Waals surface area contributed by atoms with Crippen molar-refractivity contribution in [2.24, 2.45) is 5.41 Å². The van der Waals surface area contributed by atoms with Crippen LogP contribution in [0.4, 0.5) is 0 Å². The van der Waals surface area contributed by atoms with Gasteiger partial charge in [0.05, 0.1) is 17.6 Å². The van der Waals surface area contributed by atoms with E-state index in [0.717, 1.165) is 25.7 Å². The summed E-state index contributed by atoms with van der Waals surface area (Å²) in [5.41, 5.74) is -2.21. The van der Waals surface area contributed by atoms with E-state index in [9.17, 15) is 14.7 Å². The average molecular weight is 285 g/mol. The lowest BCUT2D eigenvalue weighted by molar-refractivity contribution is -0.140. The number of carboxylic acids is 1. The molecule has 0 saturated heterocycles. The summed E-state index contributed by atoms with van der Waals surface area (Å²) in [5, 5.41) is 21.9. The molecule has 0 radical (unpaired) electrons. The Morgan fingerprint density at radius 2 is 1.60 bits per heavy atom. The van der Waals surface area contributed by atoms with Crippen molar-refractivity contribution in [2.75, 3.05) is 0 Å². The fourth-order valence-electron chi connectivity index (χ4n) is 2.75. The van der Waals surface area contributed by atoms with Crippen molar-refractivity contribution in [3.8, 4) is 0 Å². The standard InChI is InChI=1S/C15H27NO4/c1-13(2,14(3,4)20)16-11(17)9-15(10-12(18)19)7-5-6-8-15/h20H,5-10H2,1-4H3,(H,16,17)(H,18,19). The second-order valence-corrected chi connectivity index (χ2v) is 7.19. The molecule has 3 N–H and O–H groups in total. The third-order valence-electron chi connectivity index (χ3n) is 4.71. The molecule has 0 unspecified atom stereocenters. The molecular formula is C15H27NO4. The Morgan fingerprint density at radius 3 is 2.00 bits per heavy atom. The molecule has 0 aromatic carbocycles. The Labute approximate surface area is 120 Å². The predicted molar refractivity (Wildman–Crippen MR) is 76.3 cm³/mol. The summed E-state index contributed by atoms with van der Waals surface area (Å²) in [7, 11) is 0. The van der Waals surface area contributed by atoms with E-state index in [2.05, 4.69) is 5.32 Å². The summed E-state index contributed by atoms with van der Waals surface area (Å²) in [6, 6.07) is 0. The van der Waals surface area contributed by atoms with Crippen LogP contribution in [0, 0.1) is 5.41 Å². The zero-order chi connectivity index (χ0) is 15.6. The van der Waals surface area contributed by atoms with Gasteiger partial charge in [0.1, 0.15) is 0 Å². The quantitative estimate of drug-likeness (QED) is 0.697. The molecule has 20 heavy (non-hydrogen) atoms. The molecule has 0 aromatic heterocycles. The van der Waals surface area contributed by atoms with Gasteiger partial charge in [0.15, 0.2) is 0 Å². The molecular weight excluding hydrogens is 258 g/mol. The number of carboxylic acid groups (broad SMARTS) is 1. The number of aliphatic hydroxyl groups is 1. The number of carbonyl (C=O) groups excluding carboxylic acids is 1. The van der Waals surface area contributed by atoms with Crippen molar-refractivity contribution in [2.45, 2.75) is 77.4 Å². The molecule has 5 heteroatoms. The molecule has 0 heterocycles. The van der Waals surface area contributed by atoms with Crippen LogP contribution in [-0.2, 0) is 9.59 Å². The van der Waals surface area contributed by atoms with E-state index in [1.54, 1.807) is 27.7 Å². The maximum absolute atomic E-state index is 12.2. The molecule has 1 saturated carbocycles. The summed E-state index contributed by atoms with van der Waals surface area (Å²) >= 11 is 0. The van der Waals surface area contributed by atoms with Crippen LogP contribution in [-0.4, -0.2) is 33.2 Å². The molecule has 1 aliphatic carbocycles. The minimum Gasteiger partial charge on any atom is -0.481 e. The number of nitrogens with one attached hydrogen (secondary N) is 1. The number of carbonyl (C=O) groups is 2. The second kappa shape index (κ2) is 5.72. The van der Waals surface area contributed by atoms with Gasteiger partial charge in [0, 0.05) is 6.42 Å². The maximum atomic E-state index is 12.2. The molecule has 1 amide bonds. The highest BCUT2D eigenvalue weighted by Gasteiger charge is 2.41. The summed E-state index contributed by atoms with van der Waals surface area (Å²) in [5.74, 6) is -1.03. The van der Waals surface area contributed by atoms with E-state index < -0.39 is 22.5 Å². The van der Waals surface area contributed by atoms with E-state index in [4.69, 9.17) is 5.11 Å². The van der Waals surface area contributed by atoms with Gasteiger partial charge in [-0.05, 0) is 46.0 Å². The zero-order valence-corrected chi connectivity index (χ0v) is 13.0. The van der Waals surface area contributed by atoms with Gasteiger partial charge in [-0.15, -0.1) is 0 Å². The number of amides is 1. The van der Waals surface area contributed by atoms with Crippen molar-refractivity contribution in [3.63, 3.8) is 0 Å². The van der Waals surface area contributed by atoms with Crippen LogP contribution in [0.2, 0.25) is 0 Å². The molecule has 5 nitrogen and oxygen atoms in total. The van der Waals surface area contributed by atoms with Crippen LogP contribution < -0.4 is 5.32 Å². The van der Waals surface area contributed by atoms with Crippen molar-refractivity contribution >= 4 is 11.9 Å². The highest BCUT2D eigenvalue weighted by molar-refractivity contribution is 5.79. The largest absolute Gasteiger partial charge is 0.481 e.